The van der Waals surface area contributed by atoms with Gasteiger partial charge >= 0.3 is 0 Å². The number of aromatic nitrogens is 2. The molecule has 0 amide bonds. The van der Waals surface area contributed by atoms with E-state index in [9.17, 15) is 0 Å². The van der Waals surface area contributed by atoms with Gasteiger partial charge in [0.2, 0.25) is 0 Å². The molecule has 1 unspecified atom stereocenters. The van der Waals surface area contributed by atoms with Crippen LogP contribution < -0.4 is 0 Å². The van der Waals surface area contributed by atoms with E-state index in [-0.39, 0.29) is 12.6 Å². The average Bonchev–Trinajstić information content (AvgIpc) is 2.65. The summed E-state index contributed by atoms with van der Waals surface area (Å²) < 4.78 is 2.11. The van der Waals surface area contributed by atoms with Crippen molar-refractivity contribution in [2.75, 3.05) is 13.7 Å². The number of likely N-dealkylation sites (N-methyl/N-ethyl adjacent to an activating group) is 1. The lowest BCUT2D eigenvalue weighted by Crippen LogP contribution is -2.32. The Labute approximate surface area is 102 Å². The van der Waals surface area contributed by atoms with Crippen LogP contribution in [0.15, 0.2) is 24.4 Å². The van der Waals surface area contributed by atoms with E-state index in [1.54, 1.807) is 0 Å². The SMILES string of the molecule is Cc1nc2ccccn2c1CN(C)C(C)CO. The number of hydrogen-bond acceptors (Lipinski definition) is 3. The molecule has 0 bridgehead atoms. The zero-order chi connectivity index (χ0) is 12.4. The molecule has 2 rings (SSSR count). The van der Waals surface area contributed by atoms with Gasteiger partial charge in [-0.05, 0) is 33.0 Å². The normalized spacial score (nSPS) is 13.5. The van der Waals surface area contributed by atoms with Crippen LogP contribution in [0, 0.1) is 6.92 Å². The van der Waals surface area contributed by atoms with Crippen LogP contribution in [0.1, 0.15) is 18.3 Å². The third-order valence-electron chi connectivity index (χ3n) is 3.24. The number of fused-ring (bicyclic) bond motifs is 1. The smallest absolute Gasteiger partial charge is 0.137 e. The van der Waals surface area contributed by atoms with Gasteiger partial charge in [-0.2, -0.15) is 0 Å². The second-order valence-corrected chi connectivity index (χ2v) is 4.52. The summed E-state index contributed by atoms with van der Waals surface area (Å²) in [7, 11) is 2.02. The Morgan fingerprint density at radius 3 is 2.94 bits per heavy atom. The first-order valence-corrected chi connectivity index (χ1v) is 5.87. The maximum atomic E-state index is 9.15. The van der Waals surface area contributed by atoms with E-state index in [1.807, 2.05) is 45.3 Å². The highest BCUT2D eigenvalue weighted by atomic mass is 16.3. The molecule has 92 valence electrons. The fourth-order valence-electron chi connectivity index (χ4n) is 1.89. The number of rotatable bonds is 4. The van der Waals surface area contributed by atoms with Crippen LogP contribution >= 0.6 is 0 Å². The largest absolute Gasteiger partial charge is 0.395 e. The van der Waals surface area contributed by atoms with Gasteiger partial charge in [0.05, 0.1) is 18.0 Å². The molecule has 2 aromatic heterocycles. The molecule has 4 heteroatoms. The number of aliphatic hydroxyl groups is 1. The lowest BCUT2D eigenvalue weighted by Gasteiger charge is -2.22. The van der Waals surface area contributed by atoms with Crippen molar-refractivity contribution in [2.24, 2.45) is 0 Å². The third kappa shape index (κ3) is 2.33. The molecular weight excluding hydrogens is 214 g/mol. The number of pyridine rings is 1. The van der Waals surface area contributed by atoms with Crippen LogP contribution in [0.4, 0.5) is 0 Å². The number of aryl methyl sites for hydroxylation is 1. The van der Waals surface area contributed by atoms with Crippen LogP contribution in [0.25, 0.3) is 5.65 Å². The molecule has 1 atom stereocenters. The summed E-state index contributed by atoms with van der Waals surface area (Å²) in [5, 5.41) is 9.15. The van der Waals surface area contributed by atoms with Gasteiger partial charge in [-0.1, -0.05) is 6.07 Å². The number of aliphatic hydroxyl groups excluding tert-OH is 1. The van der Waals surface area contributed by atoms with E-state index in [0.717, 1.165) is 17.9 Å². The quantitative estimate of drug-likeness (QED) is 0.869. The van der Waals surface area contributed by atoms with Crippen molar-refractivity contribution in [3.05, 3.63) is 35.8 Å². The molecular formula is C13H19N3O. The van der Waals surface area contributed by atoms with Gasteiger partial charge in [-0.3, -0.25) is 4.90 Å². The minimum atomic E-state index is 0.156. The minimum absolute atomic E-state index is 0.156. The molecule has 1 N–H and O–H groups in total. The topological polar surface area (TPSA) is 40.8 Å². The molecule has 0 aliphatic heterocycles. The van der Waals surface area contributed by atoms with Crippen molar-refractivity contribution >= 4 is 5.65 Å². The summed E-state index contributed by atoms with van der Waals surface area (Å²) in [6.07, 6.45) is 2.03. The van der Waals surface area contributed by atoms with E-state index >= 15 is 0 Å². The lowest BCUT2D eigenvalue weighted by molar-refractivity contribution is 0.152. The Morgan fingerprint density at radius 2 is 2.24 bits per heavy atom. The summed E-state index contributed by atoms with van der Waals surface area (Å²) in [4.78, 5) is 6.65. The highest BCUT2D eigenvalue weighted by molar-refractivity contribution is 5.42. The van der Waals surface area contributed by atoms with Crippen molar-refractivity contribution in [1.82, 2.24) is 14.3 Å². The maximum absolute atomic E-state index is 9.15. The van der Waals surface area contributed by atoms with Crippen molar-refractivity contribution < 1.29 is 5.11 Å². The molecule has 4 nitrogen and oxygen atoms in total. The molecule has 0 aromatic carbocycles. The maximum Gasteiger partial charge on any atom is 0.137 e. The second kappa shape index (κ2) is 4.85. The van der Waals surface area contributed by atoms with Gasteiger partial charge in [0.1, 0.15) is 5.65 Å². The summed E-state index contributed by atoms with van der Waals surface area (Å²) in [5.41, 5.74) is 3.21. The molecule has 0 saturated heterocycles. The molecule has 0 spiro atoms. The highest BCUT2D eigenvalue weighted by Gasteiger charge is 2.13. The molecule has 0 radical (unpaired) electrons. The number of hydrogen-bond donors (Lipinski definition) is 1. The van der Waals surface area contributed by atoms with Crippen LogP contribution in [0.2, 0.25) is 0 Å². The van der Waals surface area contributed by atoms with E-state index < -0.39 is 0 Å². The Kier molecular flexibility index (Phi) is 3.45. The Hall–Kier alpha value is -1.39. The predicted molar refractivity (Wildman–Crippen MR) is 67.9 cm³/mol. The number of nitrogens with zero attached hydrogens (tertiary/aromatic N) is 3. The average molecular weight is 233 g/mol. The van der Waals surface area contributed by atoms with Crippen molar-refractivity contribution in [3.8, 4) is 0 Å². The first-order chi connectivity index (χ1) is 8.13. The Morgan fingerprint density at radius 1 is 1.47 bits per heavy atom. The van der Waals surface area contributed by atoms with Gasteiger partial charge in [0.25, 0.3) is 0 Å². The summed E-state index contributed by atoms with van der Waals surface area (Å²) in [6, 6.07) is 6.16. The molecule has 0 fully saturated rings. The van der Waals surface area contributed by atoms with Gasteiger partial charge < -0.3 is 9.51 Å². The molecule has 0 saturated carbocycles. The number of imidazole rings is 1. The zero-order valence-corrected chi connectivity index (χ0v) is 10.6. The van der Waals surface area contributed by atoms with Crippen molar-refractivity contribution in [1.29, 1.82) is 0 Å². The van der Waals surface area contributed by atoms with Crippen LogP contribution in [0.3, 0.4) is 0 Å². The zero-order valence-electron chi connectivity index (χ0n) is 10.6. The van der Waals surface area contributed by atoms with Crippen LogP contribution in [-0.2, 0) is 6.54 Å². The van der Waals surface area contributed by atoms with E-state index in [2.05, 4.69) is 14.3 Å². The van der Waals surface area contributed by atoms with Crippen LogP contribution in [-0.4, -0.2) is 39.1 Å². The lowest BCUT2D eigenvalue weighted by atomic mass is 10.2. The second-order valence-electron chi connectivity index (χ2n) is 4.52. The minimum Gasteiger partial charge on any atom is -0.395 e. The first-order valence-electron chi connectivity index (χ1n) is 5.87. The standard InChI is InChI=1S/C13H19N3O/c1-10(9-17)15(3)8-12-11(2)14-13-6-4-5-7-16(12)13/h4-7,10,17H,8-9H2,1-3H3. The Balaban J connectivity index is 2.32. The van der Waals surface area contributed by atoms with E-state index in [1.165, 1.54) is 5.69 Å². The summed E-state index contributed by atoms with van der Waals surface area (Å²) in [5.74, 6) is 0. The monoisotopic (exact) mass is 233 g/mol. The fraction of sp³-hybridized carbons (Fsp3) is 0.462. The highest BCUT2D eigenvalue weighted by Crippen LogP contribution is 2.14. The molecule has 17 heavy (non-hydrogen) atoms. The van der Waals surface area contributed by atoms with Gasteiger partial charge in [-0.25, -0.2) is 4.98 Å². The summed E-state index contributed by atoms with van der Waals surface area (Å²) >= 11 is 0. The van der Waals surface area contributed by atoms with Crippen molar-refractivity contribution in [2.45, 2.75) is 26.4 Å². The third-order valence-corrected chi connectivity index (χ3v) is 3.24. The van der Waals surface area contributed by atoms with E-state index in [4.69, 9.17) is 5.11 Å². The van der Waals surface area contributed by atoms with Gasteiger partial charge in [-0.15, -0.1) is 0 Å². The molecule has 2 aromatic rings. The van der Waals surface area contributed by atoms with Gasteiger partial charge in [0, 0.05) is 18.8 Å². The summed E-state index contributed by atoms with van der Waals surface area (Å²) in [6.45, 7) is 5.00. The Bertz CT molecular complexity index is 506. The predicted octanol–water partition coefficient (Wildman–Crippen LogP) is 1.46. The first kappa shape index (κ1) is 12.1. The molecule has 2 heterocycles. The van der Waals surface area contributed by atoms with Gasteiger partial charge in [0.15, 0.2) is 0 Å². The van der Waals surface area contributed by atoms with E-state index in [0.29, 0.717) is 0 Å². The van der Waals surface area contributed by atoms with Crippen molar-refractivity contribution in [3.63, 3.8) is 0 Å². The molecule has 0 aliphatic rings. The molecule has 0 aliphatic carbocycles. The fourth-order valence-corrected chi connectivity index (χ4v) is 1.89. The van der Waals surface area contributed by atoms with Crippen LogP contribution in [0.5, 0.6) is 0 Å².